The third-order valence-corrected chi connectivity index (χ3v) is 2.39. The predicted octanol–water partition coefficient (Wildman–Crippen LogP) is 2.25. The standard InChI is InChI=1S/C12H12N4/c1-9-3-4-10(2)16(9)15-12-6-5-11(7-13)14-8-12/h3-6,8,15H,1-2H3. The summed E-state index contributed by atoms with van der Waals surface area (Å²) in [5.74, 6) is 0. The molecule has 0 saturated heterocycles. The van der Waals surface area contributed by atoms with Crippen molar-refractivity contribution in [3.63, 3.8) is 0 Å². The molecule has 0 atom stereocenters. The number of hydrogen-bond donors (Lipinski definition) is 1. The van der Waals surface area contributed by atoms with E-state index in [0.717, 1.165) is 17.1 Å². The maximum absolute atomic E-state index is 8.64. The van der Waals surface area contributed by atoms with E-state index in [1.165, 1.54) is 0 Å². The van der Waals surface area contributed by atoms with Gasteiger partial charge in [-0.25, -0.2) is 4.98 Å². The molecule has 80 valence electrons. The van der Waals surface area contributed by atoms with Gasteiger partial charge in [-0.2, -0.15) is 5.26 Å². The highest BCUT2D eigenvalue weighted by Crippen LogP contribution is 2.11. The van der Waals surface area contributed by atoms with Gasteiger partial charge in [-0.1, -0.05) is 0 Å². The third kappa shape index (κ3) is 1.89. The van der Waals surface area contributed by atoms with Gasteiger partial charge >= 0.3 is 0 Å². The summed E-state index contributed by atoms with van der Waals surface area (Å²) < 4.78 is 1.98. The van der Waals surface area contributed by atoms with Crippen LogP contribution in [0.1, 0.15) is 17.1 Å². The minimum atomic E-state index is 0.423. The Balaban J connectivity index is 2.25. The largest absolute Gasteiger partial charge is 0.293 e. The molecule has 0 spiro atoms. The van der Waals surface area contributed by atoms with E-state index in [1.54, 1.807) is 12.3 Å². The van der Waals surface area contributed by atoms with Crippen molar-refractivity contribution in [2.45, 2.75) is 13.8 Å². The maximum Gasteiger partial charge on any atom is 0.140 e. The number of nitrogens with zero attached hydrogens (tertiary/aromatic N) is 3. The van der Waals surface area contributed by atoms with E-state index in [1.807, 2.05) is 42.8 Å². The molecular weight excluding hydrogens is 200 g/mol. The van der Waals surface area contributed by atoms with Gasteiger partial charge in [-0.05, 0) is 38.1 Å². The number of rotatable bonds is 2. The molecule has 4 nitrogen and oxygen atoms in total. The molecule has 4 heteroatoms. The molecule has 2 heterocycles. The number of nitrogens with one attached hydrogen (secondary N) is 1. The monoisotopic (exact) mass is 212 g/mol. The molecule has 2 aromatic heterocycles. The van der Waals surface area contributed by atoms with Gasteiger partial charge in [0, 0.05) is 11.4 Å². The molecule has 0 unspecified atom stereocenters. The van der Waals surface area contributed by atoms with Crippen molar-refractivity contribution in [2.24, 2.45) is 0 Å². The van der Waals surface area contributed by atoms with Crippen LogP contribution in [-0.4, -0.2) is 9.66 Å². The van der Waals surface area contributed by atoms with E-state index in [9.17, 15) is 0 Å². The number of anilines is 1. The van der Waals surface area contributed by atoms with E-state index in [2.05, 4.69) is 10.4 Å². The molecule has 0 bridgehead atoms. The topological polar surface area (TPSA) is 53.6 Å². The van der Waals surface area contributed by atoms with Crippen LogP contribution in [0.5, 0.6) is 0 Å². The molecule has 0 aliphatic rings. The molecule has 0 amide bonds. The summed E-state index contributed by atoms with van der Waals surface area (Å²) in [4.78, 5) is 4.00. The van der Waals surface area contributed by atoms with Crippen LogP contribution < -0.4 is 5.43 Å². The Hall–Kier alpha value is -2.28. The first-order valence-corrected chi connectivity index (χ1v) is 4.99. The van der Waals surface area contributed by atoms with Gasteiger partial charge < -0.3 is 0 Å². The molecule has 2 rings (SSSR count). The van der Waals surface area contributed by atoms with Gasteiger partial charge in [0.1, 0.15) is 11.8 Å². The Labute approximate surface area is 94.1 Å². The Kier molecular flexibility index (Phi) is 2.61. The number of aryl methyl sites for hydroxylation is 2. The van der Waals surface area contributed by atoms with Crippen LogP contribution >= 0.6 is 0 Å². The van der Waals surface area contributed by atoms with Crippen LogP contribution in [0.3, 0.4) is 0 Å². The minimum Gasteiger partial charge on any atom is -0.293 e. The highest BCUT2D eigenvalue weighted by Gasteiger charge is 2.01. The molecule has 0 aliphatic heterocycles. The van der Waals surface area contributed by atoms with E-state index >= 15 is 0 Å². The van der Waals surface area contributed by atoms with Crippen LogP contribution in [0.2, 0.25) is 0 Å². The summed E-state index contributed by atoms with van der Waals surface area (Å²) in [6.07, 6.45) is 1.65. The SMILES string of the molecule is Cc1ccc(C)n1Nc1ccc(C#N)nc1. The summed E-state index contributed by atoms with van der Waals surface area (Å²) in [6, 6.07) is 9.60. The fourth-order valence-corrected chi connectivity index (χ4v) is 1.50. The molecule has 16 heavy (non-hydrogen) atoms. The van der Waals surface area contributed by atoms with Gasteiger partial charge in [0.2, 0.25) is 0 Å². The van der Waals surface area contributed by atoms with Gasteiger partial charge in [0.15, 0.2) is 0 Å². The Morgan fingerprint density at radius 3 is 2.38 bits per heavy atom. The molecule has 2 aromatic rings. The van der Waals surface area contributed by atoms with E-state index in [0.29, 0.717) is 5.69 Å². The average molecular weight is 212 g/mol. The van der Waals surface area contributed by atoms with E-state index < -0.39 is 0 Å². The van der Waals surface area contributed by atoms with Gasteiger partial charge in [-0.3, -0.25) is 10.1 Å². The lowest BCUT2D eigenvalue weighted by Crippen LogP contribution is -2.12. The second-order valence-corrected chi connectivity index (χ2v) is 3.61. The van der Waals surface area contributed by atoms with Gasteiger partial charge in [-0.15, -0.1) is 0 Å². The van der Waals surface area contributed by atoms with Crippen molar-refractivity contribution in [3.05, 3.63) is 47.5 Å². The smallest absolute Gasteiger partial charge is 0.140 e. The van der Waals surface area contributed by atoms with E-state index in [-0.39, 0.29) is 0 Å². The predicted molar refractivity (Wildman–Crippen MR) is 61.9 cm³/mol. The summed E-state index contributed by atoms with van der Waals surface area (Å²) in [7, 11) is 0. The van der Waals surface area contributed by atoms with Crippen LogP contribution in [0.25, 0.3) is 0 Å². The first-order valence-electron chi connectivity index (χ1n) is 4.99. The first kappa shape index (κ1) is 10.2. The lowest BCUT2D eigenvalue weighted by atomic mass is 10.3. The molecule has 0 saturated carbocycles. The summed E-state index contributed by atoms with van der Waals surface area (Å²) >= 11 is 0. The van der Waals surface area contributed by atoms with Crippen molar-refractivity contribution in [3.8, 4) is 6.07 Å². The lowest BCUT2D eigenvalue weighted by Gasteiger charge is -2.11. The number of nitriles is 1. The van der Waals surface area contributed by atoms with Crippen molar-refractivity contribution in [1.82, 2.24) is 9.66 Å². The average Bonchev–Trinajstić information content (AvgIpc) is 2.62. The molecule has 0 aliphatic carbocycles. The lowest BCUT2D eigenvalue weighted by molar-refractivity contribution is 0.879. The summed E-state index contributed by atoms with van der Waals surface area (Å²) in [5, 5.41) is 8.64. The summed E-state index contributed by atoms with van der Waals surface area (Å²) in [5.41, 5.74) is 6.76. The zero-order chi connectivity index (χ0) is 11.5. The Morgan fingerprint density at radius 1 is 1.19 bits per heavy atom. The molecular formula is C12H12N4. The second-order valence-electron chi connectivity index (χ2n) is 3.61. The fourth-order valence-electron chi connectivity index (χ4n) is 1.50. The zero-order valence-electron chi connectivity index (χ0n) is 9.23. The normalized spacial score (nSPS) is 9.81. The first-order chi connectivity index (χ1) is 7.70. The van der Waals surface area contributed by atoms with Crippen LogP contribution in [0.15, 0.2) is 30.5 Å². The molecule has 0 radical (unpaired) electrons. The van der Waals surface area contributed by atoms with Crippen molar-refractivity contribution >= 4 is 5.69 Å². The number of pyridine rings is 1. The van der Waals surface area contributed by atoms with Crippen LogP contribution in [0.4, 0.5) is 5.69 Å². The van der Waals surface area contributed by atoms with Crippen molar-refractivity contribution in [1.29, 1.82) is 5.26 Å². The van der Waals surface area contributed by atoms with Crippen LogP contribution in [-0.2, 0) is 0 Å². The van der Waals surface area contributed by atoms with Crippen LogP contribution in [0, 0.1) is 25.2 Å². The van der Waals surface area contributed by atoms with Gasteiger partial charge in [0.25, 0.3) is 0 Å². The highest BCUT2D eigenvalue weighted by molar-refractivity contribution is 5.43. The van der Waals surface area contributed by atoms with Crippen molar-refractivity contribution in [2.75, 3.05) is 5.43 Å². The molecule has 1 N–H and O–H groups in total. The zero-order valence-corrected chi connectivity index (χ0v) is 9.23. The Morgan fingerprint density at radius 2 is 1.88 bits per heavy atom. The second kappa shape index (κ2) is 4.07. The quantitative estimate of drug-likeness (QED) is 0.830. The maximum atomic E-state index is 8.64. The minimum absolute atomic E-state index is 0.423. The third-order valence-electron chi connectivity index (χ3n) is 2.39. The van der Waals surface area contributed by atoms with Crippen molar-refractivity contribution < 1.29 is 0 Å². The molecule has 0 aromatic carbocycles. The Bertz CT molecular complexity index is 512. The fraction of sp³-hybridized carbons (Fsp3) is 0.167. The highest BCUT2D eigenvalue weighted by atomic mass is 15.4. The summed E-state index contributed by atoms with van der Waals surface area (Å²) in [6.45, 7) is 4.05. The van der Waals surface area contributed by atoms with E-state index in [4.69, 9.17) is 5.26 Å². The molecule has 0 fully saturated rings. The van der Waals surface area contributed by atoms with Gasteiger partial charge in [0.05, 0.1) is 11.9 Å². The number of aromatic nitrogens is 2. The number of hydrogen-bond acceptors (Lipinski definition) is 3.